The number of hydroxylamine groups is 1. The lowest BCUT2D eigenvalue weighted by Gasteiger charge is -2.16. The van der Waals surface area contributed by atoms with E-state index in [-0.39, 0.29) is 5.91 Å². The van der Waals surface area contributed by atoms with Crippen molar-refractivity contribution in [3.8, 4) is 0 Å². The summed E-state index contributed by atoms with van der Waals surface area (Å²) in [6, 6.07) is 29.2. The standard InChI is InChI=1S/C26H25NO2/c1-3-24(21-10-6-4-7-11-21)26(22-12-8-5-9-13-22)23-17-14-20(15-18-23)16-19-25(28)27-29-2/h4-19H,3H2,1-2H3,(H,27,28)/b19-16+,26-24-. The highest BCUT2D eigenvalue weighted by Crippen LogP contribution is 2.34. The molecule has 0 saturated heterocycles. The summed E-state index contributed by atoms with van der Waals surface area (Å²) < 4.78 is 0. The molecule has 0 aliphatic carbocycles. The summed E-state index contributed by atoms with van der Waals surface area (Å²) in [5, 5.41) is 0. The molecule has 1 amide bonds. The lowest BCUT2D eigenvalue weighted by Crippen LogP contribution is -2.18. The van der Waals surface area contributed by atoms with Crippen molar-refractivity contribution in [3.63, 3.8) is 0 Å². The van der Waals surface area contributed by atoms with Crippen LogP contribution in [0.25, 0.3) is 17.2 Å². The average molecular weight is 383 g/mol. The van der Waals surface area contributed by atoms with Crippen molar-refractivity contribution < 1.29 is 9.63 Å². The Bertz CT molecular complexity index is 988. The molecule has 0 saturated carbocycles. The minimum atomic E-state index is -0.293. The molecule has 0 heterocycles. The Morgan fingerprint density at radius 2 is 1.38 bits per heavy atom. The summed E-state index contributed by atoms with van der Waals surface area (Å²) in [7, 11) is 1.41. The van der Waals surface area contributed by atoms with E-state index in [1.165, 1.54) is 35.5 Å². The molecular weight excluding hydrogens is 358 g/mol. The van der Waals surface area contributed by atoms with Gasteiger partial charge in [-0.25, -0.2) is 5.48 Å². The predicted molar refractivity (Wildman–Crippen MR) is 120 cm³/mol. The Morgan fingerprint density at radius 1 is 0.828 bits per heavy atom. The Morgan fingerprint density at radius 3 is 1.93 bits per heavy atom. The Kier molecular flexibility index (Phi) is 7.15. The van der Waals surface area contributed by atoms with Gasteiger partial charge in [-0.3, -0.25) is 9.63 Å². The van der Waals surface area contributed by atoms with Gasteiger partial charge in [-0.2, -0.15) is 0 Å². The minimum Gasteiger partial charge on any atom is -0.277 e. The van der Waals surface area contributed by atoms with Crippen molar-refractivity contribution in [2.75, 3.05) is 7.11 Å². The molecule has 0 aliphatic heterocycles. The summed E-state index contributed by atoms with van der Waals surface area (Å²) >= 11 is 0. The van der Waals surface area contributed by atoms with Gasteiger partial charge in [-0.05, 0) is 45.9 Å². The lowest BCUT2D eigenvalue weighted by atomic mass is 9.88. The van der Waals surface area contributed by atoms with Crippen LogP contribution in [-0.4, -0.2) is 13.0 Å². The van der Waals surface area contributed by atoms with E-state index in [0.717, 1.165) is 17.5 Å². The molecule has 146 valence electrons. The Hall–Kier alpha value is -3.43. The SMILES string of the molecule is CC/C(=C(\c1ccccc1)c1ccc(/C=C/C(=O)NOC)cc1)c1ccccc1. The monoisotopic (exact) mass is 383 g/mol. The van der Waals surface area contributed by atoms with E-state index < -0.39 is 0 Å². The van der Waals surface area contributed by atoms with E-state index in [1.54, 1.807) is 6.08 Å². The molecule has 0 radical (unpaired) electrons. The minimum absolute atomic E-state index is 0.293. The first-order valence-electron chi connectivity index (χ1n) is 9.68. The maximum atomic E-state index is 11.5. The van der Waals surface area contributed by atoms with Gasteiger partial charge < -0.3 is 0 Å². The molecule has 0 aromatic heterocycles. The van der Waals surface area contributed by atoms with Gasteiger partial charge in [0.2, 0.25) is 0 Å². The fourth-order valence-electron chi connectivity index (χ4n) is 3.35. The molecule has 3 rings (SSSR count). The number of benzene rings is 3. The molecule has 3 heteroatoms. The first-order chi connectivity index (χ1) is 14.2. The summed E-state index contributed by atoms with van der Waals surface area (Å²) in [4.78, 5) is 16.1. The second-order valence-corrected chi connectivity index (χ2v) is 6.56. The number of hydrogen-bond acceptors (Lipinski definition) is 2. The molecule has 29 heavy (non-hydrogen) atoms. The third-order valence-corrected chi connectivity index (χ3v) is 4.67. The molecule has 0 atom stereocenters. The van der Waals surface area contributed by atoms with Gasteiger partial charge in [-0.1, -0.05) is 91.9 Å². The molecular formula is C26H25NO2. The molecule has 0 aliphatic rings. The smallest absolute Gasteiger partial charge is 0.267 e. The largest absolute Gasteiger partial charge is 0.277 e. The van der Waals surface area contributed by atoms with Crippen LogP contribution >= 0.6 is 0 Å². The van der Waals surface area contributed by atoms with Crippen LogP contribution in [0, 0.1) is 0 Å². The number of hydrogen-bond donors (Lipinski definition) is 1. The van der Waals surface area contributed by atoms with E-state index in [2.05, 4.69) is 77.9 Å². The maximum absolute atomic E-state index is 11.5. The first-order valence-corrected chi connectivity index (χ1v) is 9.68. The van der Waals surface area contributed by atoms with Gasteiger partial charge in [0.15, 0.2) is 0 Å². The van der Waals surface area contributed by atoms with Crippen LogP contribution in [0.15, 0.2) is 91.0 Å². The van der Waals surface area contributed by atoms with E-state index in [4.69, 9.17) is 0 Å². The van der Waals surface area contributed by atoms with Gasteiger partial charge in [-0.15, -0.1) is 0 Å². The molecule has 0 fully saturated rings. The van der Waals surface area contributed by atoms with Crippen molar-refractivity contribution in [1.82, 2.24) is 5.48 Å². The molecule has 0 bridgehead atoms. The van der Waals surface area contributed by atoms with E-state index in [9.17, 15) is 4.79 Å². The topological polar surface area (TPSA) is 38.3 Å². The Balaban J connectivity index is 2.04. The quantitative estimate of drug-likeness (QED) is 0.321. The van der Waals surface area contributed by atoms with Crippen LogP contribution in [-0.2, 0) is 9.63 Å². The van der Waals surface area contributed by atoms with Crippen LogP contribution in [0.1, 0.15) is 35.6 Å². The number of rotatable bonds is 7. The zero-order chi connectivity index (χ0) is 20.5. The van der Waals surface area contributed by atoms with Gasteiger partial charge in [0.25, 0.3) is 5.91 Å². The highest BCUT2D eigenvalue weighted by Gasteiger charge is 2.12. The predicted octanol–water partition coefficient (Wildman–Crippen LogP) is 5.75. The molecule has 0 spiro atoms. The van der Waals surface area contributed by atoms with Crippen molar-refractivity contribution in [1.29, 1.82) is 0 Å². The molecule has 3 aromatic rings. The summed E-state index contributed by atoms with van der Waals surface area (Å²) in [5.41, 5.74) is 9.33. The third kappa shape index (κ3) is 5.31. The highest BCUT2D eigenvalue weighted by molar-refractivity contribution is 5.98. The second-order valence-electron chi connectivity index (χ2n) is 6.56. The number of allylic oxidation sites excluding steroid dienone is 1. The molecule has 0 unspecified atom stereocenters. The van der Waals surface area contributed by atoms with Crippen molar-refractivity contribution >= 4 is 23.1 Å². The number of nitrogens with one attached hydrogen (secondary N) is 1. The summed E-state index contributed by atoms with van der Waals surface area (Å²) in [5.74, 6) is -0.293. The summed E-state index contributed by atoms with van der Waals surface area (Å²) in [6.45, 7) is 2.19. The molecule has 1 N–H and O–H groups in total. The fraction of sp³-hybridized carbons (Fsp3) is 0.115. The fourth-order valence-corrected chi connectivity index (χ4v) is 3.35. The van der Waals surface area contributed by atoms with E-state index in [1.807, 2.05) is 24.3 Å². The van der Waals surface area contributed by atoms with Gasteiger partial charge in [0.1, 0.15) is 0 Å². The number of carbonyl (C=O) groups is 1. The zero-order valence-electron chi connectivity index (χ0n) is 16.8. The highest BCUT2D eigenvalue weighted by atomic mass is 16.6. The van der Waals surface area contributed by atoms with Crippen LogP contribution in [0.2, 0.25) is 0 Å². The van der Waals surface area contributed by atoms with Gasteiger partial charge in [0, 0.05) is 6.08 Å². The number of carbonyl (C=O) groups excluding carboxylic acids is 1. The first kappa shape index (κ1) is 20.3. The van der Waals surface area contributed by atoms with E-state index >= 15 is 0 Å². The normalized spacial score (nSPS) is 11.9. The zero-order valence-corrected chi connectivity index (χ0v) is 16.8. The van der Waals surface area contributed by atoms with Crippen molar-refractivity contribution in [2.24, 2.45) is 0 Å². The molecule has 3 aromatic carbocycles. The molecule has 3 nitrogen and oxygen atoms in total. The van der Waals surface area contributed by atoms with Crippen molar-refractivity contribution in [2.45, 2.75) is 13.3 Å². The van der Waals surface area contributed by atoms with Gasteiger partial charge in [0.05, 0.1) is 7.11 Å². The van der Waals surface area contributed by atoms with Crippen molar-refractivity contribution in [3.05, 3.63) is 113 Å². The Labute approximate surface area is 172 Å². The van der Waals surface area contributed by atoms with Crippen LogP contribution in [0.3, 0.4) is 0 Å². The lowest BCUT2D eigenvalue weighted by molar-refractivity contribution is -0.126. The third-order valence-electron chi connectivity index (χ3n) is 4.67. The van der Waals surface area contributed by atoms with Gasteiger partial charge >= 0.3 is 0 Å². The maximum Gasteiger partial charge on any atom is 0.267 e. The van der Waals surface area contributed by atoms with Crippen LogP contribution in [0.4, 0.5) is 0 Å². The number of amides is 1. The van der Waals surface area contributed by atoms with E-state index in [0.29, 0.717) is 0 Å². The van der Waals surface area contributed by atoms with Crippen LogP contribution < -0.4 is 5.48 Å². The second kappa shape index (κ2) is 10.2. The van der Waals surface area contributed by atoms with Crippen LogP contribution in [0.5, 0.6) is 0 Å². The summed E-state index contributed by atoms with van der Waals surface area (Å²) in [6.07, 6.45) is 4.14. The average Bonchev–Trinajstić information content (AvgIpc) is 2.78.